The summed E-state index contributed by atoms with van der Waals surface area (Å²) in [5.41, 5.74) is 1.04. The van der Waals surface area contributed by atoms with Gasteiger partial charge in [-0.25, -0.2) is 4.79 Å². The number of aromatic nitrogens is 1. The van der Waals surface area contributed by atoms with Gasteiger partial charge in [0.1, 0.15) is 0 Å². The lowest BCUT2D eigenvalue weighted by Gasteiger charge is -2.08. The lowest BCUT2D eigenvalue weighted by Crippen LogP contribution is -1.95. The van der Waals surface area contributed by atoms with Crippen LogP contribution in [0.1, 0.15) is 10.4 Å². The fourth-order valence-corrected chi connectivity index (χ4v) is 1.88. The second-order valence-corrected chi connectivity index (χ2v) is 3.68. The minimum atomic E-state index is -0.956. The van der Waals surface area contributed by atoms with Crippen LogP contribution in [0.25, 0.3) is 10.9 Å². The molecule has 0 amide bonds. The predicted molar refractivity (Wildman–Crippen MR) is 63.0 cm³/mol. The third-order valence-corrected chi connectivity index (χ3v) is 2.73. The first kappa shape index (κ1) is 11.3. The van der Waals surface area contributed by atoms with Crippen molar-refractivity contribution in [3.63, 3.8) is 0 Å². The molecule has 17 heavy (non-hydrogen) atoms. The van der Waals surface area contributed by atoms with Crippen molar-refractivity contribution >= 4 is 16.9 Å². The Morgan fingerprint density at radius 1 is 1.24 bits per heavy atom. The minimum absolute atomic E-state index is 0.253. The molecule has 0 fully saturated rings. The van der Waals surface area contributed by atoms with E-state index >= 15 is 0 Å². The molecule has 1 heterocycles. The Morgan fingerprint density at radius 2 is 1.82 bits per heavy atom. The Morgan fingerprint density at radius 3 is 2.35 bits per heavy atom. The maximum Gasteiger partial charge on any atom is 0.337 e. The van der Waals surface area contributed by atoms with Crippen LogP contribution in [0.3, 0.4) is 0 Å². The lowest BCUT2D eigenvalue weighted by atomic mass is 10.1. The molecule has 0 saturated heterocycles. The summed E-state index contributed by atoms with van der Waals surface area (Å²) in [6, 6.07) is 3.44. The number of carboxylic acid groups (broad SMARTS) is 1. The summed E-state index contributed by atoms with van der Waals surface area (Å²) in [7, 11) is 4.86. The van der Waals surface area contributed by atoms with E-state index in [0.717, 1.165) is 5.52 Å². The molecule has 0 bridgehead atoms. The number of aryl methyl sites for hydroxylation is 1. The molecule has 1 N–H and O–H groups in total. The Labute approximate surface area is 98.2 Å². The molecule has 1 aromatic carbocycles. The van der Waals surface area contributed by atoms with E-state index in [2.05, 4.69) is 0 Å². The van der Waals surface area contributed by atoms with E-state index in [4.69, 9.17) is 14.6 Å². The highest BCUT2D eigenvalue weighted by molar-refractivity contribution is 6.04. The van der Waals surface area contributed by atoms with Crippen molar-refractivity contribution < 1.29 is 19.4 Å². The summed E-state index contributed by atoms with van der Waals surface area (Å²) >= 11 is 0. The molecule has 0 radical (unpaired) electrons. The largest absolute Gasteiger partial charge is 0.493 e. The zero-order valence-corrected chi connectivity index (χ0v) is 9.85. The highest BCUT2D eigenvalue weighted by Gasteiger charge is 2.16. The molecule has 0 unspecified atom stereocenters. The van der Waals surface area contributed by atoms with Crippen molar-refractivity contribution in [2.24, 2.45) is 7.05 Å². The zero-order chi connectivity index (χ0) is 12.6. The second-order valence-electron chi connectivity index (χ2n) is 3.68. The van der Waals surface area contributed by atoms with E-state index < -0.39 is 5.97 Å². The number of fused-ring (bicyclic) bond motifs is 1. The van der Waals surface area contributed by atoms with Gasteiger partial charge in [-0.2, -0.15) is 0 Å². The van der Waals surface area contributed by atoms with Gasteiger partial charge >= 0.3 is 5.97 Å². The van der Waals surface area contributed by atoms with E-state index in [1.165, 1.54) is 7.11 Å². The van der Waals surface area contributed by atoms with Crippen molar-refractivity contribution in [2.45, 2.75) is 0 Å². The van der Waals surface area contributed by atoms with Crippen molar-refractivity contribution in [1.29, 1.82) is 0 Å². The molecule has 0 spiro atoms. The van der Waals surface area contributed by atoms with Crippen molar-refractivity contribution in [3.05, 3.63) is 23.9 Å². The third-order valence-electron chi connectivity index (χ3n) is 2.73. The van der Waals surface area contributed by atoms with Crippen LogP contribution in [0, 0.1) is 0 Å². The Hall–Kier alpha value is -2.17. The van der Waals surface area contributed by atoms with Crippen LogP contribution in [-0.2, 0) is 7.05 Å². The standard InChI is InChI=1S/C12H13NO4/c1-13-6-8(12(14)15)7-4-10(16-2)11(17-3)5-9(7)13/h4-6H,1-3H3,(H,14,15). The van der Waals surface area contributed by atoms with E-state index in [0.29, 0.717) is 16.9 Å². The average molecular weight is 235 g/mol. The smallest absolute Gasteiger partial charge is 0.337 e. The topological polar surface area (TPSA) is 60.7 Å². The highest BCUT2D eigenvalue weighted by Crippen LogP contribution is 2.34. The van der Waals surface area contributed by atoms with Crippen LogP contribution < -0.4 is 9.47 Å². The molecule has 2 rings (SSSR count). The number of rotatable bonds is 3. The van der Waals surface area contributed by atoms with Gasteiger partial charge in [-0.05, 0) is 6.07 Å². The summed E-state index contributed by atoms with van der Waals surface area (Å²) < 4.78 is 12.1. The Bertz CT molecular complexity index is 586. The van der Waals surface area contributed by atoms with Gasteiger partial charge < -0.3 is 19.1 Å². The van der Waals surface area contributed by atoms with Crippen molar-refractivity contribution in [1.82, 2.24) is 4.57 Å². The number of benzene rings is 1. The molecular formula is C12H13NO4. The molecular weight excluding hydrogens is 222 g/mol. The lowest BCUT2D eigenvalue weighted by molar-refractivity contribution is 0.0699. The number of aromatic carboxylic acids is 1. The fraction of sp³-hybridized carbons (Fsp3) is 0.250. The average Bonchev–Trinajstić information content (AvgIpc) is 2.64. The van der Waals surface area contributed by atoms with E-state index in [1.807, 2.05) is 0 Å². The molecule has 5 heteroatoms. The quantitative estimate of drug-likeness (QED) is 0.882. The van der Waals surface area contributed by atoms with Gasteiger partial charge in [0.15, 0.2) is 11.5 Å². The zero-order valence-electron chi connectivity index (χ0n) is 9.85. The minimum Gasteiger partial charge on any atom is -0.493 e. The molecule has 0 atom stereocenters. The van der Waals surface area contributed by atoms with Crippen LogP contribution in [0.4, 0.5) is 0 Å². The second kappa shape index (κ2) is 4.01. The third kappa shape index (κ3) is 1.69. The van der Waals surface area contributed by atoms with Crippen LogP contribution in [0.2, 0.25) is 0 Å². The number of nitrogens with zero attached hydrogens (tertiary/aromatic N) is 1. The summed E-state index contributed by atoms with van der Waals surface area (Å²) in [4.78, 5) is 11.1. The van der Waals surface area contributed by atoms with Gasteiger partial charge in [-0.1, -0.05) is 0 Å². The first-order valence-corrected chi connectivity index (χ1v) is 5.02. The van der Waals surface area contributed by atoms with Gasteiger partial charge in [0, 0.05) is 24.7 Å². The summed E-state index contributed by atoms with van der Waals surface area (Å²) in [6.45, 7) is 0. The van der Waals surface area contributed by atoms with Gasteiger partial charge in [0.2, 0.25) is 0 Å². The number of carbonyl (C=O) groups is 1. The molecule has 90 valence electrons. The molecule has 2 aromatic rings. The van der Waals surface area contributed by atoms with Gasteiger partial charge in [-0.15, -0.1) is 0 Å². The summed E-state index contributed by atoms with van der Waals surface area (Å²) in [6.07, 6.45) is 1.58. The Kier molecular flexibility index (Phi) is 2.67. The summed E-state index contributed by atoms with van der Waals surface area (Å²) in [5.74, 6) is 0.148. The molecule has 0 aliphatic heterocycles. The van der Waals surface area contributed by atoms with Crippen molar-refractivity contribution in [3.8, 4) is 11.5 Å². The molecule has 5 nitrogen and oxygen atoms in total. The number of hydrogen-bond acceptors (Lipinski definition) is 3. The van der Waals surface area contributed by atoms with Gasteiger partial charge in [-0.3, -0.25) is 0 Å². The van der Waals surface area contributed by atoms with Crippen LogP contribution >= 0.6 is 0 Å². The number of methoxy groups -OCH3 is 2. The van der Waals surface area contributed by atoms with Crippen LogP contribution in [0.15, 0.2) is 18.3 Å². The predicted octanol–water partition coefficient (Wildman–Crippen LogP) is 1.89. The van der Waals surface area contributed by atoms with Crippen LogP contribution in [0.5, 0.6) is 11.5 Å². The summed E-state index contributed by atoms with van der Waals surface area (Å²) in [5, 5.41) is 9.74. The first-order chi connectivity index (χ1) is 8.08. The number of hydrogen-bond donors (Lipinski definition) is 1. The monoisotopic (exact) mass is 235 g/mol. The molecule has 0 aliphatic rings. The van der Waals surface area contributed by atoms with E-state index in [1.54, 1.807) is 37.1 Å². The van der Waals surface area contributed by atoms with Crippen LogP contribution in [-0.4, -0.2) is 29.9 Å². The number of ether oxygens (including phenoxy) is 2. The highest BCUT2D eigenvalue weighted by atomic mass is 16.5. The SMILES string of the molecule is COc1cc2c(C(=O)O)cn(C)c2cc1OC. The normalized spacial score (nSPS) is 10.5. The van der Waals surface area contributed by atoms with Crippen molar-refractivity contribution in [2.75, 3.05) is 14.2 Å². The Balaban J connectivity index is 2.80. The maximum absolute atomic E-state index is 11.1. The van der Waals surface area contributed by atoms with Gasteiger partial charge in [0.05, 0.1) is 25.3 Å². The molecule has 1 aromatic heterocycles. The fourth-order valence-electron chi connectivity index (χ4n) is 1.88. The van der Waals surface area contributed by atoms with Gasteiger partial charge in [0.25, 0.3) is 0 Å². The molecule has 0 aliphatic carbocycles. The van der Waals surface area contributed by atoms with E-state index in [-0.39, 0.29) is 5.56 Å². The maximum atomic E-state index is 11.1. The van der Waals surface area contributed by atoms with E-state index in [9.17, 15) is 4.79 Å². The molecule has 0 saturated carbocycles. The first-order valence-electron chi connectivity index (χ1n) is 5.02. The number of carboxylic acids is 1.